The molecule has 0 aromatic rings. The number of nitrogens with zero attached hydrogens (tertiary/aromatic N) is 1. The molecule has 1 aliphatic rings. The Bertz CT molecular complexity index is 221. The number of urea groups is 1. The number of nitrogens with one attached hydrogen (secondary N) is 1. The largest absolute Gasteiger partial charge is 0.336 e. The summed E-state index contributed by atoms with van der Waals surface area (Å²) in [5.41, 5.74) is 1.38. The fraction of sp³-hybridized carbons (Fsp3) is 0.700. The van der Waals surface area contributed by atoms with Gasteiger partial charge in [-0.3, -0.25) is 0 Å². The molecule has 1 heterocycles. The number of amides is 2. The molecule has 1 rings (SSSR count). The van der Waals surface area contributed by atoms with Crippen molar-refractivity contribution < 1.29 is 4.79 Å². The van der Waals surface area contributed by atoms with Crippen LogP contribution in [0.2, 0.25) is 0 Å². The van der Waals surface area contributed by atoms with Crippen LogP contribution in [0.3, 0.4) is 0 Å². The third-order valence-corrected chi connectivity index (χ3v) is 2.14. The fourth-order valence-electron chi connectivity index (χ4n) is 1.29. The van der Waals surface area contributed by atoms with Gasteiger partial charge < -0.3 is 10.2 Å². The van der Waals surface area contributed by atoms with Crippen molar-refractivity contribution in [3.8, 4) is 0 Å². The maximum Gasteiger partial charge on any atom is 0.317 e. The van der Waals surface area contributed by atoms with Crippen LogP contribution in [0.4, 0.5) is 4.79 Å². The maximum absolute atomic E-state index is 11.5. The maximum atomic E-state index is 11.5. The monoisotopic (exact) mass is 182 g/mol. The normalized spacial score (nSPS) is 17.2. The van der Waals surface area contributed by atoms with Crippen molar-refractivity contribution in [2.75, 3.05) is 13.1 Å². The summed E-state index contributed by atoms with van der Waals surface area (Å²) in [6, 6.07) is 0.276. The Morgan fingerprint density at radius 3 is 2.77 bits per heavy atom. The average Bonchev–Trinajstić information content (AvgIpc) is 2.04. The van der Waals surface area contributed by atoms with Gasteiger partial charge in [-0.25, -0.2) is 4.79 Å². The zero-order valence-electron chi connectivity index (χ0n) is 8.63. The SMILES string of the molecule is CC1=CCN(C(=O)NC(C)C)CC1. The minimum absolute atomic E-state index is 0.0544. The van der Waals surface area contributed by atoms with E-state index in [1.807, 2.05) is 18.7 Å². The molecule has 0 saturated heterocycles. The van der Waals surface area contributed by atoms with E-state index in [0.717, 1.165) is 19.5 Å². The molecule has 3 nitrogen and oxygen atoms in total. The van der Waals surface area contributed by atoms with Crippen LogP contribution < -0.4 is 5.32 Å². The molecule has 1 N–H and O–H groups in total. The highest BCUT2D eigenvalue weighted by atomic mass is 16.2. The van der Waals surface area contributed by atoms with E-state index in [0.29, 0.717) is 0 Å². The van der Waals surface area contributed by atoms with Gasteiger partial charge in [0.25, 0.3) is 0 Å². The molecule has 1 aliphatic heterocycles. The number of hydrogen-bond acceptors (Lipinski definition) is 1. The minimum Gasteiger partial charge on any atom is -0.336 e. The van der Waals surface area contributed by atoms with Crippen LogP contribution in [-0.4, -0.2) is 30.1 Å². The minimum atomic E-state index is 0.0544. The Kier molecular flexibility index (Phi) is 3.34. The van der Waals surface area contributed by atoms with Crippen molar-refractivity contribution in [3.05, 3.63) is 11.6 Å². The number of hydrogen-bond donors (Lipinski definition) is 1. The highest BCUT2D eigenvalue weighted by molar-refractivity contribution is 5.74. The lowest BCUT2D eigenvalue weighted by Crippen LogP contribution is -2.44. The number of carbonyl (C=O) groups is 1. The van der Waals surface area contributed by atoms with E-state index in [4.69, 9.17) is 0 Å². The van der Waals surface area contributed by atoms with Gasteiger partial charge in [-0.15, -0.1) is 0 Å². The molecule has 0 fully saturated rings. The summed E-state index contributed by atoms with van der Waals surface area (Å²) in [5, 5.41) is 2.89. The van der Waals surface area contributed by atoms with Crippen LogP contribution in [0.15, 0.2) is 11.6 Å². The number of rotatable bonds is 1. The third-order valence-electron chi connectivity index (χ3n) is 2.14. The van der Waals surface area contributed by atoms with Gasteiger partial charge in [0.1, 0.15) is 0 Å². The molecular formula is C10H18N2O. The van der Waals surface area contributed by atoms with Crippen molar-refractivity contribution in [2.24, 2.45) is 0 Å². The molecule has 0 aromatic heterocycles. The second-order valence-corrected chi connectivity index (χ2v) is 3.85. The zero-order chi connectivity index (χ0) is 9.84. The van der Waals surface area contributed by atoms with Crippen molar-refractivity contribution >= 4 is 6.03 Å². The summed E-state index contributed by atoms with van der Waals surface area (Å²) in [6.07, 6.45) is 3.12. The first-order valence-corrected chi connectivity index (χ1v) is 4.80. The highest BCUT2D eigenvalue weighted by Gasteiger charge is 2.15. The van der Waals surface area contributed by atoms with Gasteiger partial charge in [-0.05, 0) is 27.2 Å². The third kappa shape index (κ3) is 3.09. The second kappa shape index (κ2) is 4.30. The molecule has 0 unspecified atom stereocenters. The summed E-state index contributed by atoms with van der Waals surface area (Å²) in [6.45, 7) is 7.66. The molecule has 0 bridgehead atoms. The van der Waals surface area contributed by atoms with Gasteiger partial charge in [0.2, 0.25) is 0 Å². The van der Waals surface area contributed by atoms with Crippen LogP contribution >= 0.6 is 0 Å². The van der Waals surface area contributed by atoms with Crippen LogP contribution in [0.5, 0.6) is 0 Å². The van der Waals surface area contributed by atoms with Gasteiger partial charge in [0, 0.05) is 19.1 Å². The molecule has 0 atom stereocenters. The standard InChI is InChI=1S/C10H18N2O/c1-8(2)11-10(13)12-6-4-9(3)5-7-12/h4,8H,5-7H2,1-3H3,(H,11,13). The Morgan fingerprint density at radius 1 is 1.62 bits per heavy atom. The van der Waals surface area contributed by atoms with E-state index in [2.05, 4.69) is 18.3 Å². The Labute approximate surface area is 79.8 Å². The smallest absolute Gasteiger partial charge is 0.317 e. The average molecular weight is 182 g/mol. The van der Waals surface area contributed by atoms with Gasteiger partial charge in [0.15, 0.2) is 0 Å². The van der Waals surface area contributed by atoms with Crippen molar-refractivity contribution in [3.63, 3.8) is 0 Å². The van der Waals surface area contributed by atoms with E-state index >= 15 is 0 Å². The molecule has 2 amide bonds. The van der Waals surface area contributed by atoms with E-state index in [1.165, 1.54) is 5.57 Å². The summed E-state index contributed by atoms with van der Waals surface area (Å²) < 4.78 is 0. The van der Waals surface area contributed by atoms with Gasteiger partial charge in [-0.1, -0.05) is 11.6 Å². The van der Waals surface area contributed by atoms with Crippen molar-refractivity contribution in [1.82, 2.24) is 10.2 Å². The summed E-state index contributed by atoms with van der Waals surface area (Å²) in [5.74, 6) is 0. The van der Waals surface area contributed by atoms with E-state index < -0.39 is 0 Å². The second-order valence-electron chi connectivity index (χ2n) is 3.85. The first-order valence-electron chi connectivity index (χ1n) is 4.80. The molecule has 74 valence electrons. The summed E-state index contributed by atoms with van der Waals surface area (Å²) in [7, 11) is 0. The predicted octanol–water partition coefficient (Wildman–Crippen LogP) is 1.76. The lowest BCUT2D eigenvalue weighted by molar-refractivity contribution is 0.199. The van der Waals surface area contributed by atoms with Crippen LogP contribution in [0.25, 0.3) is 0 Å². The Morgan fingerprint density at radius 2 is 2.31 bits per heavy atom. The molecule has 0 spiro atoms. The molecule has 0 radical (unpaired) electrons. The fourth-order valence-corrected chi connectivity index (χ4v) is 1.29. The van der Waals surface area contributed by atoms with E-state index in [9.17, 15) is 4.79 Å². The van der Waals surface area contributed by atoms with E-state index in [-0.39, 0.29) is 12.1 Å². The topological polar surface area (TPSA) is 32.3 Å². The summed E-state index contributed by atoms with van der Waals surface area (Å²) >= 11 is 0. The molecule has 0 aromatic carbocycles. The highest BCUT2D eigenvalue weighted by Crippen LogP contribution is 2.09. The Balaban J connectivity index is 2.41. The van der Waals surface area contributed by atoms with Gasteiger partial charge >= 0.3 is 6.03 Å². The molecule has 0 saturated carbocycles. The first kappa shape index (κ1) is 10.1. The van der Waals surface area contributed by atoms with Gasteiger partial charge in [-0.2, -0.15) is 0 Å². The lowest BCUT2D eigenvalue weighted by atomic mass is 10.1. The predicted molar refractivity (Wildman–Crippen MR) is 53.6 cm³/mol. The van der Waals surface area contributed by atoms with Crippen molar-refractivity contribution in [2.45, 2.75) is 33.2 Å². The zero-order valence-corrected chi connectivity index (χ0v) is 8.63. The summed E-state index contributed by atoms with van der Waals surface area (Å²) in [4.78, 5) is 13.3. The molecule has 0 aliphatic carbocycles. The number of carbonyl (C=O) groups excluding carboxylic acids is 1. The first-order chi connectivity index (χ1) is 6.09. The van der Waals surface area contributed by atoms with Gasteiger partial charge in [0.05, 0.1) is 0 Å². The molecule has 3 heteroatoms. The quantitative estimate of drug-likeness (QED) is 0.616. The molecule has 13 heavy (non-hydrogen) atoms. The van der Waals surface area contributed by atoms with Crippen LogP contribution in [-0.2, 0) is 0 Å². The lowest BCUT2D eigenvalue weighted by Gasteiger charge is -2.26. The Hall–Kier alpha value is -0.990. The van der Waals surface area contributed by atoms with Crippen LogP contribution in [0.1, 0.15) is 27.2 Å². The van der Waals surface area contributed by atoms with Crippen molar-refractivity contribution in [1.29, 1.82) is 0 Å². The molecular weight excluding hydrogens is 164 g/mol. The van der Waals surface area contributed by atoms with E-state index in [1.54, 1.807) is 0 Å². The van der Waals surface area contributed by atoms with Crippen LogP contribution in [0, 0.1) is 0 Å².